The van der Waals surface area contributed by atoms with Gasteiger partial charge in [-0.05, 0) is 172 Å². The molecule has 2 bridgehead atoms. The number of nitrogens with zero attached hydrogens (tertiary/aromatic N) is 8. The number of benzene rings is 3. The van der Waals surface area contributed by atoms with Crippen molar-refractivity contribution in [1.29, 1.82) is 0 Å². The third kappa shape index (κ3) is 20.3. The van der Waals surface area contributed by atoms with E-state index in [1.54, 1.807) is 41.4 Å². The molecular weight excluding hydrogens is 1480 g/mol. The summed E-state index contributed by atoms with van der Waals surface area (Å²) in [4.78, 5) is 139. The highest BCUT2D eigenvalue weighted by Gasteiger charge is 2.56. The van der Waals surface area contributed by atoms with Gasteiger partial charge in [0.15, 0.2) is 16.9 Å². The molecule has 9 N–H and O–H groups in total. The average Bonchev–Trinajstić information content (AvgIpc) is 0.975. The number of aliphatic carboxylic acids is 1. The minimum atomic E-state index is -4.31. The number of amides is 5. The Morgan fingerprint density at radius 3 is 2.33 bits per heavy atom. The van der Waals surface area contributed by atoms with Gasteiger partial charge < -0.3 is 69.4 Å². The second kappa shape index (κ2) is 35.5. The average molecular weight is 1580 g/mol. The number of likely N-dealkylation sites (tertiary alicyclic amines) is 1. The number of carbonyl (C=O) groups is 8. The van der Waals surface area contributed by atoms with E-state index in [1.165, 1.54) is 35.6 Å². The van der Waals surface area contributed by atoms with Crippen LogP contribution in [-0.2, 0) is 62.3 Å². The molecule has 4 fully saturated rings. The van der Waals surface area contributed by atoms with E-state index in [1.807, 2.05) is 59.0 Å². The largest absolute Gasteiger partial charge is 0.479 e. The monoisotopic (exact) mass is 1580 g/mol. The van der Waals surface area contributed by atoms with Gasteiger partial charge in [0.2, 0.25) is 12.2 Å². The number of hydrogen-bond donors (Lipinski definition) is 9. The fourth-order valence-electron chi connectivity index (χ4n) is 17.7. The third-order valence-corrected chi connectivity index (χ3v) is 24.1. The van der Waals surface area contributed by atoms with Gasteiger partial charge in [-0.15, -0.1) is 0 Å². The number of carbonyl (C=O) groups excluding carboxylic acids is 6. The molecule has 2 aliphatic carbocycles. The first-order valence-electron chi connectivity index (χ1n) is 38.3. The normalized spacial score (nSPS) is 24.1. The number of anilines is 3. The highest BCUT2D eigenvalue weighted by atomic mass is 32.1. The number of aromatic carboxylic acids is 1. The summed E-state index contributed by atoms with van der Waals surface area (Å²) in [5, 5.41) is 63.1. The Labute approximate surface area is 652 Å². The predicted molar refractivity (Wildman–Crippen MR) is 414 cm³/mol. The molecule has 2 saturated heterocycles. The van der Waals surface area contributed by atoms with Crippen LogP contribution in [0.25, 0.3) is 27.4 Å². The number of nitrogens with one attached hydrogen (secondary N) is 2. The maximum atomic E-state index is 13.8. The number of Topliss-reactive ketones (excluding diaryl/α,β-unsaturated/α-hetero) is 1. The first-order valence-corrected chi connectivity index (χ1v) is 40.9. The number of para-hydroxylation sites is 1. The van der Waals surface area contributed by atoms with E-state index in [9.17, 15) is 78.2 Å². The fourth-order valence-corrected chi connectivity index (χ4v) is 19.1. The summed E-state index contributed by atoms with van der Waals surface area (Å²) in [5.41, 5.74) is 4.61. The van der Waals surface area contributed by atoms with Crippen molar-refractivity contribution in [1.82, 2.24) is 34.4 Å². The standard InChI is InChI=1S/C80H99N10O20PS/c1-49-41-78(3)45-79(4,48-90-50(2)57(43-81-90)55-23-25-63(84-67(55)73(99)100)88-33-28-52-15-10-18-56(58(52)44-88)72(98)85-76-83-59-19-7-8-20-62(59)112-76)47-80(42-49,46-78)108-38-36-86(31-13-39-111(104,105)106)53-29-34-87(35-30-53)77(103)107-37-12-14-51-22-24-61(109-75-70(97)68(95)69(96)71(110-75)74(101)102)60(40-51)82-64(92)21-11-17-54(91)16-6-5-9-32-89-65(93)26-27-66(89)94/h7-8,10,12,14-15,18-20,22-27,40,43,49,53,68-71,75,95-97H,5-6,9,11,13,16-17,21,28-39,41-42,44-48H2,1-4H3,(H,82,92)(H,99,100)(H,101,102)(H,83,85,98)(H2,104,105,106)/b14-12+/t49?,68-,69-,70+,71-,75+,78?,79?,80?/m0/s1. The summed E-state index contributed by atoms with van der Waals surface area (Å²) in [6.07, 6.45) is 5.25. The van der Waals surface area contributed by atoms with E-state index >= 15 is 0 Å². The van der Waals surface area contributed by atoms with Crippen LogP contribution in [0.4, 0.5) is 21.4 Å². The van der Waals surface area contributed by atoms with Gasteiger partial charge in [0, 0.05) is 106 Å². The summed E-state index contributed by atoms with van der Waals surface area (Å²) < 4.78 is 39.2. The van der Waals surface area contributed by atoms with Crippen LogP contribution in [0.1, 0.15) is 160 Å². The zero-order chi connectivity index (χ0) is 79.8. The van der Waals surface area contributed by atoms with Crippen molar-refractivity contribution in [3.05, 3.63) is 131 Å². The van der Waals surface area contributed by atoms with Crippen LogP contribution in [-0.4, -0.2) is 218 Å². The van der Waals surface area contributed by atoms with Crippen molar-refractivity contribution in [2.45, 2.75) is 186 Å². The predicted octanol–water partition coefficient (Wildman–Crippen LogP) is 9.38. The zero-order valence-corrected chi connectivity index (χ0v) is 65.0. The van der Waals surface area contributed by atoms with Crippen molar-refractivity contribution in [2.75, 3.05) is 74.2 Å². The van der Waals surface area contributed by atoms with Gasteiger partial charge in [0.05, 0.1) is 40.5 Å². The van der Waals surface area contributed by atoms with Crippen molar-refractivity contribution < 1.29 is 97.2 Å². The van der Waals surface area contributed by atoms with Crippen LogP contribution in [0.3, 0.4) is 0 Å². The van der Waals surface area contributed by atoms with Crippen molar-refractivity contribution in [2.24, 2.45) is 16.7 Å². The summed E-state index contributed by atoms with van der Waals surface area (Å²) in [7, 11) is -4.31. The maximum Gasteiger partial charge on any atom is 0.410 e. The molecule has 600 valence electrons. The van der Waals surface area contributed by atoms with Crippen molar-refractivity contribution in [3.63, 3.8) is 0 Å². The molecule has 3 aromatic carbocycles. The van der Waals surface area contributed by atoms with Crippen LogP contribution in [0.2, 0.25) is 0 Å². The Hall–Kier alpha value is -9.14. The number of aromatic nitrogens is 4. The number of unbranched alkanes of at least 4 members (excludes halogenated alkanes) is 2. The Balaban J connectivity index is 0.646. The first kappa shape index (κ1) is 82.3. The molecule has 5 amide bonds. The van der Waals surface area contributed by atoms with E-state index in [-0.39, 0.29) is 109 Å². The minimum Gasteiger partial charge on any atom is -0.479 e. The van der Waals surface area contributed by atoms with Gasteiger partial charge in [0.1, 0.15) is 42.3 Å². The third-order valence-electron chi connectivity index (χ3n) is 22.2. The van der Waals surface area contributed by atoms with E-state index in [0.29, 0.717) is 130 Å². The number of carboxylic acid groups (broad SMARTS) is 2. The maximum absolute atomic E-state index is 13.8. The first-order chi connectivity index (χ1) is 53.4. The topological polar surface area (TPSA) is 413 Å². The minimum absolute atomic E-state index is 0.0349. The lowest BCUT2D eigenvalue weighted by Gasteiger charge is -2.59. The SMILES string of the molecule is Cc1c(-c2ccc(N3CCc4cccc(C(=O)Nc5nc6ccccc6s5)c4C3)nc2C(=O)O)cnn1CC1(C)CC2(C)CC(C)CC(OCCN(CCCP(=O)(O)O)C3CCN(C(=O)OC/C=C/c4ccc(O[C@@H]5O[C@H](C(=O)O)[C@@H](O)[C@H](O)[C@H]5O)c(NC(=O)CCCC(=O)CCCCCN5C(=O)C=CC5=O)c4)CC3)(C2)C1. The number of hydrogen-bond acceptors (Lipinski definition) is 22. The molecule has 12 rings (SSSR count). The molecule has 9 atom stereocenters. The van der Waals surface area contributed by atoms with Crippen molar-refractivity contribution in [3.8, 4) is 16.9 Å². The molecule has 0 radical (unpaired) electrons. The second-order valence-corrected chi connectivity index (χ2v) is 34.2. The van der Waals surface area contributed by atoms with Crippen molar-refractivity contribution >= 4 is 99.3 Å². The zero-order valence-electron chi connectivity index (χ0n) is 63.3. The number of fused-ring (bicyclic) bond motifs is 4. The van der Waals surface area contributed by atoms with E-state index in [2.05, 4.69) is 41.3 Å². The number of pyridine rings is 1. The number of piperidine rings is 1. The smallest absolute Gasteiger partial charge is 0.410 e. The molecule has 2 saturated carbocycles. The highest BCUT2D eigenvalue weighted by Crippen LogP contribution is 2.60. The van der Waals surface area contributed by atoms with E-state index < -0.39 is 67.8 Å². The Kier molecular flexibility index (Phi) is 26.1. The van der Waals surface area contributed by atoms with Gasteiger partial charge in [-0.1, -0.05) is 74.9 Å². The molecule has 4 unspecified atom stereocenters. The van der Waals surface area contributed by atoms with Gasteiger partial charge in [-0.25, -0.2) is 24.4 Å². The molecular formula is C80H99N10O20PS. The summed E-state index contributed by atoms with van der Waals surface area (Å²) in [6.45, 7) is 12.3. The summed E-state index contributed by atoms with van der Waals surface area (Å²) >= 11 is 1.40. The fraction of sp³-hybridized carbons (Fsp3) is 0.512. The molecule has 3 aromatic heterocycles. The summed E-state index contributed by atoms with van der Waals surface area (Å²) in [6, 6.07) is 21.4. The number of ether oxygens (including phenoxy) is 4. The number of ketones is 1. The Morgan fingerprint density at radius 2 is 1.58 bits per heavy atom. The van der Waals surface area contributed by atoms with Crippen LogP contribution in [0.15, 0.2) is 97.2 Å². The molecule has 4 aliphatic heterocycles. The molecule has 7 heterocycles. The van der Waals surface area contributed by atoms with Crippen LogP contribution in [0.5, 0.6) is 5.75 Å². The molecule has 30 nitrogen and oxygen atoms in total. The molecule has 0 spiro atoms. The van der Waals surface area contributed by atoms with Gasteiger partial charge in [-0.3, -0.25) is 48.3 Å². The summed E-state index contributed by atoms with van der Waals surface area (Å²) in [5.74, 6) is -3.68. The second-order valence-electron chi connectivity index (χ2n) is 31.4. The van der Waals surface area contributed by atoms with E-state index in [0.717, 1.165) is 64.0 Å². The number of imide groups is 1. The molecule has 6 aliphatic rings. The van der Waals surface area contributed by atoms with Crippen LogP contribution < -0.4 is 20.3 Å². The number of thiazole rings is 1. The number of aliphatic hydroxyl groups excluding tert-OH is 3. The van der Waals surface area contributed by atoms with E-state index in [4.69, 9.17) is 29.0 Å². The van der Waals surface area contributed by atoms with Gasteiger partial charge in [0.25, 0.3) is 17.7 Å². The molecule has 112 heavy (non-hydrogen) atoms. The highest BCUT2D eigenvalue weighted by molar-refractivity contribution is 7.51. The molecule has 32 heteroatoms. The lowest BCUT2D eigenvalue weighted by Crippen LogP contribution is -2.61. The van der Waals surface area contributed by atoms with Crippen LogP contribution in [0, 0.1) is 23.7 Å². The Morgan fingerprint density at radius 1 is 0.812 bits per heavy atom. The van der Waals surface area contributed by atoms with Crippen LogP contribution >= 0.6 is 18.9 Å². The van der Waals surface area contributed by atoms with Gasteiger partial charge in [-0.2, -0.15) is 5.10 Å². The number of rotatable bonds is 33. The number of aliphatic hydroxyl groups is 3. The van der Waals surface area contributed by atoms with Gasteiger partial charge >= 0.3 is 25.6 Å². The quantitative estimate of drug-likeness (QED) is 0.0105. The molecule has 6 aromatic rings. The lowest BCUT2D eigenvalue weighted by atomic mass is 9.51. The lowest BCUT2D eigenvalue weighted by molar-refractivity contribution is -0.271. The number of carboxylic acids is 2. The Bertz CT molecular complexity index is 4560.